The van der Waals surface area contributed by atoms with Crippen molar-refractivity contribution in [2.24, 2.45) is 0 Å². The van der Waals surface area contributed by atoms with Gasteiger partial charge in [-0.3, -0.25) is 9.78 Å². The van der Waals surface area contributed by atoms with Crippen LogP contribution in [0.5, 0.6) is 5.88 Å². The molecule has 1 atom stereocenters. The van der Waals surface area contributed by atoms with E-state index in [1.807, 2.05) is 51.6 Å². The summed E-state index contributed by atoms with van der Waals surface area (Å²) in [5.41, 5.74) is 3.17. The number of pyridine rings is 1. The third kappa shape index (κ3) is 5.69. The fourth-order valence-electron chi connectivity index (χ4n) is 4.37. The molecule has 0 aromatic carbocycles. The molecule has 0 aliphatic carbocycles. The van der Waals surface area contributed by atoms with Crippen molar-refractivity contribution < 1.29 is 9.53 Å². The zero-order valence-corrected chi connectivity index (χ0v) is 24.3. The first-order valence-corrected chi connectivity index (χ1v) is 13.1. The molecule has 1 aliphatic rings. The number of allylic oxidation sites excluding steroid dienone is 4. The highest BCUT2D eigenvalue weighted by atomic mass is 35.5. The van der Waals surface area contributed by atoms with Crippen LogP contribution in [0.1, 0.15) is 54.7 Å². The van der Waals surface area contributed by atoms with Gasteiger partial charge in [0.2, 0.25) is 11.8 Å². The molecule has 3 aromatic heterocycles. The van der Waals surface area contributed by atoms with Gasteiger partial charge in [-0.1, -0.05) is 41.4 Å². The fraction of sp³-hybridized carbons (Fsp3) is 0.321. The third-order valence-corrected chi connectivity index (χ3v) is 6.62. The number of carbonyl (C=O) groups is 1. The number of fused-ring (bicyclic) bond motifs is 1. The van der Waals surface area contributed by atoms with Crippen LogP contribution >= 0.6 is 23.2 Å². The monoisotopic (exact) mass is 567 g/mol. The Morgan fingerprint density at radius 1 is 1.21 bits per heavy atom. The third-order valence-electron chi connectivity index (χ3n) is 6.11. The summed E-state index contributed by atoms with van der Waals surface area (Å²) < 4.78 is 7.64. The molecule has 0 bridgehead atoms. The second kappa shape index (κ2) is 11.6. The number of amides is 1. The molecule has 3 aromatic rings. The summed E-state index contributed by atoms with van der Waals surface area (Å²) in [6, 6.07) is 3.00. The Bertz CT molecular complexity index is 1460. The molecule has 39 heavy (non-hydrogen) atoms. The maximum Gasteiger partial charge on any atom is 0.275 e. The van der Waals surface area contributed by atoms with Crippen molar-refractivity contribution in [1.29, 1.82) is 0 Å². The number of rotatable bonds is 9. The van der Waals surface area contributed by atoms with Crippen LogP contribution in [0.3, 0.4) is 0 Å². The van der Waals surface area contributed by atoms with Gasteiger partial charge in [-0.05, 0) is 45.1 Å². The lowest BCUT2D eigenvalue weighted by molar-refractivity contribution is 0.0760. The van der Waals surface area contributed by atoms with E-state index in [4.69, 9.17) is 32.9 Å². The molecular weight excluding hydrogens is 537 g/mol. The Morgan fingerprint density at radius 2 is 1.95 bits per heavy atom. The van der Waals surface area contributed by atoms with Gasteiger partial charge in [-0.25, -0.2) is 9.97 Å². The highest BCUT2D eigenvalue weighted by Gasteiger charge is 2.44. The topological polar surface area (TPSA) is 89.3 Å². The number of aromatic nitrogens is 5. The lowest BCUT2D eigenvalue weighted by atomic mass is 10.1. The molecule has 0 fully saturated rings. The number of methoxy groups -OCH3 is 1. The molecule has 0 spiro atoms. The molecular formula is C28H31Cl2N7O2. The molecule has 1 amide bonds. The van der Waals surface area contributed by atoms with Crippen molar-refractivity contribution in [3.05, 3.63) is 82.0 Å². The van der Waals surface area contributed by atoms with E-state index in [1.165, 1.54) is 0 Å². The van der Waals surface area contributed by atoms with Crippen LogP contribution in [0.25, 0.3) is 11.4 Å². The number of nitrogens with zero attached hydrogens (tertiary/aromatic N) is 7. The maximum atomic E-state index is 13.9. The van der Waals surface area contributed by atoms with Gasteiger partial charge in [0.25, 0.3) is 5.91 Å². The van der Waals surface area contributed by atoms with Gasteiger partial charge in [0.15, 0.2) is 5.69 Å². The van der Waals surface area contributed by atoms with Gasteiger partial charge in [0.1, 0.15) is 11.9 Å². The summed E-state index contributed by atoms with van der Waals surface area (Å²) in [6.07, 6.45) is 8.59. The number of ether oxygens (including phenoxy) is 1. The van der Waals surface area contributed by atoms with Crippen molar-refractivity contribution in [3.63, 3.8) is 0 Å². The van der Waals surface area contributed by atoms with Crippen LogP contribution < -0.4 is 9.64 Å². The zero-order chi connectivity index (χ0) is 28.4. The predicted molar refractivity (Wildman–Crippen MR) is 155 cm³/mol. The second-order valence-electron chi connectivity index (χ2n) is 9.65. The second-order valence-corrected chi connectivity index (χ2v) is 10.5. The van der Waals surface area contributed by atoms with Gasteiger partial charge >= 0.3 is 0 Å². The minimum absolute atomic E-state index is 0.0605. The average Bonchev–Trinajstić information content (AvgIpc) is 3.41. The number of anilines is 1. The van der Waals surface area contributed by atoms with Crippen LogP contribution in [0, 0.1) is 0 Å². The lowest BCUT2D eigenvalue weighted by Gasteiger charge is -2.27. The first kappa shape index (κ1) is 28.3. The van der Waals surface area contributed by atoms with Crippen LogP contribution in [0.2, 0.25) is 5.02 Å². The number of hydrogen-bond acceptors (Lipinski definition) is 7. The SMILES string of the molecule is C=C(C)/C=C\C(Cl)=C/CN1C(=O)c2nc(-c3cnc(N(C)C)nc3OC)n(C(C)C)c2C1c1ccc(Cl)cn1. The summed E-state index contributed by atoms with van der Waals surface area (Å²) in [7, 11) is 5.25. The van der Waals surface area contributed by atoms with E-state index >= 15 is 0 Å². The molecule has 4 heterocycles. The minimum Gasteiger partial charge on any atom is -0.480 e. The van der Waals surface area contributed by atoms with Gasteiger partial charge < -0.3 is 19.1 Å². The lowest BCUT2D eigenvalue weighted by Crippen LogP contribution is -2.31. The molecule has 11 heteroatoms. The molecule has 4 rings (SSSR count). The zero-order valence-electron chi connectivity index (χ0n) is 22.8. The van der Waals surface area contributed by atoms with Crippen LogP contribution in [-0.2, 0) is 0 Å². The Kier molecular flexibility index (Phi) is 8.42. The Labute approximate surface area is 238 Å². The standard InChI is InChI=1S/C28H31Cl2N7O2/c1-16(2)8-9-18(29)12-13-36-23(21-11-10-19(30)14-31-21)24-22(27(36)38)33-25(37(24)17(3)4)20-15-32-28(35(5)6)34-26(20)39-7/h8-12,14-15,17,23H,1,13H2,2-7H3/b9-8-,18-12+. The quantitative estimate of drug-likeness (QED) is 0.300. The van der Waals surface area contributed by atoms with E-state index in [-0.39, 0.29) is 18.5 Å². The summed E-state index contributed by atoms with van der Waals surface area (Å²) in [5.74, 6) is 1.17. The Balaban J connectivity index is 1.88. The molecule has 0 N–H and O–H groups in total. The van der Waals surface area contributed by atoms with Crippen molar-refractivity contribution in [2.45, 2.75) is 32.9 Å². The average molecular weight is 569 g/mol. The summed E-state index contributed by atoms with van der Waals surface area (Å²) in [4.78, 5) is 35.8. The van der Waals surface area contributed by atoms with Crippen molar-refractivity contribution >= 4 is 35.1 Å². The molecule has 0 saturated heterocycles. The largest absolute Gasteiger partial charge is 0.480 e. The van der Waals surface area contributed by atoms with Crippen LogP contribution in [0.15, 0.2) is 59.9 Å². The molecule has 0 saturated carbocycles. The van der Waals surface area contributed by atoms with Gasteiger partial charge in [-0.15, -0.1) is 0 Å². The van der Waals surface area contributed by atoms with Crippen molar-refractivity contribution in [1.82, 2.24) is 29.4 Å². The van der Waals surface area contributed by atoms with Crippen LogP contribution in [-0.4, -0.2) is 63.1 Å². The first-order valence-electron chi connectivity index (χ1n) is 12.4. The molecule has 0 radical (unpaired) electrons. The van der Waals surface area contributed by atoms with E-state index in [0.717, 1.165) is 11.3 Å². The molecule has 9 nitrogen and oxygen atoms in total. The first-order chi connectivity index (χ1) is 18.5. The number of halogens is 2. The van der Waals surface area contributed by atoms with E-state index in [1.54, 1.807) is 47.5 Å². The smallest absolute Gasteiger partial charge is 0.275 e. The van der Waals surface area contributed by atoms with E-state index in [2.05, 4.69) is 21.5 Å². The van der Waals surface area contributed by atoms with Crippen molar-refractivity contribution in [2.75, 3.05) is 32.6 Å². The Hall–Kier alpha value is -3.69. The van der Waals surface area contributed by atoms with Gasteiger partial charge in [-0.2, -0.15) is 4.98 Å². The van der Waals surface area contributed by atoms with Crippen LogP contribution in [0.4, 0.5) is 5.95 Å². The molecule has 1 aliphatic heterocycles. The summed E-state index contributed by atoms with van der Waals surface area (Å²) in [5, 5.41) is 0.997. The number of hydrogen-bond donors (Lipinski definition) is 0. The highest BCUT2D eigenvalue weighted by molar-refractivity contribution is 6.31. The summed E-state index contributed by atoms with van der Waals surface area (Å²) >= 11 is 12.6. The molecule has 1 unspecified atom stereocenters. The predicted octanol–water partition coefficient (Wildman–Crippen LogP) is 5.84. The number of imidazole rings is 1. The number of carbonyl (C=O) groups excluding carboxylic acids is 1. The highest BCUT2D eigenvalue weighted by Crippen LogP contribution is 2.43. The van der Waals surface area contributed by atoms with Gasteiger partial charge in [0.05, 0.1) is 29.1 Å². The van der Waals surface area contributed by atoms with E-state index in [0.29, 0.717) is 44.7 Å². The van der Waals surface area contributed by atoms with Crippen molar-refractivity contribution in [3.8, 4) is 17.3 Å². The molecule has 204 valence electrons. The normalized spacial score (nSPS) is 15.4. The minimum atomic E-state index is -0.521. The van der Waals surface area contributed by atoms with Gasteiger partial charge in [0, 0.05) is 44.1 Å². The fourth-order valence-corrected chi connectivity index (χ4v) is 4.62. The maximum absolute atomic E-state index is 13.9. The Morgan fingerprint density at radius 3 is 2.54 bits per heavy atom. The van der Waals surface area contributed by atoms with E-state index in [9.17, 15) is 4.79 Å². The summed E-state index contributed by atoms with van der Waals surface area (Å²) in [6.45, 7) is 10.1. The van der Waals surface area contributed by atoms with E-state index < -0.39 is 6.04 Å².